The van der Waals surface area contributed by atoms with Crippen LogP contribution < -0.4 is 5.73 Å². The number of hydrogen-bond acceptors (Lipinski definition) is 2. The lowest BCUT2D eigenvalue weighted by Crippen LogP contribution is -2.02. The fourth-order valence-corrected chi connectivity index (χ4v) is 1.22. The number of rotatable bonds is 4. The Balaban J connectivity index is 0. The predicted octanol–water partition coefficient (Wildman–Crippen LogP) is 3.91. The molecule has 0 atom stereocenters. The normalized spacial score (nSPS) is 9.00. The minimum atomic E-state index is 0. The maximum absolute atomic E-state index is 11.5. The largest absolute Gasteiger partial charge is 0.398 e. The number of carbonyl (C=O) groups excluding carboxylic acids is 1. The molecule has 0 aromatic heterocycles. The van der Waals surface area contributed by atoms with E-state index in [4.69, 9.17) is 5.73 Å². The van der Waals surface area contributed by atoms with E-state index in [-0.39, 0.29) is 7.21 Å². The molecule has 0 amide bonds. The molecule has 1 rings (SSSR count). The topological polar surface area (TPSA) is 43.1 Å². The summed E-state index contributed by atoms with van der Waals surface area (Å²) in [7, 11) is 0. The van der Waals surface area contributed by atoms with Gasteiger partial charge in [0.1, 0.15) is 0 Å². The van der Waals surface area contributed by atoms with Gasteiger partial charge in [0.25, 0.3) is 0 Å². The van der Waals surface area contributed by atoms with Crippen molar-refractivity contribution < 1.29 is 6.22 Å². The molecule has 2 N–H and O–H groups in total. The Morgan fingerprint density at radius 2 is 1.93 bits per heavy atom. The third-order valence-electron chi connectivity index (χ3n) is 2.02. The van der Waals surface area contributed by atoms with Crippen molar-refractivity contribution >= 4 is 11.5 Å². The fraction of sp³-hybridized carbons (Fsp3) is 0.462. The molecule has 15 heavy (non-hydrogen) atoms. The highest BCUT2D eigenvalue weighted by molar-refractivity contribution is 6.00. The Hall–Kier alpha value is -1.31. The number of carbonyl (C=O) groups is 1. The number of unbranched alkanes of at least 4 members (excludes halogenated alkanes) is 1. The number of anilines is 1. The third-order valence-corrected chi connectivity index (χ3v) is 2.02. The number of ketones is 1. The van der Waals surface area contributed by atoms with Gasteiger partial charge < -0.3 is 5.73 Å². The summed E-state index contributed by atoms with van der Waals surface area (Å²) in [5.41, 5.74) is 6.92. The molecule has 0 radical (unpaired) electrons. The molecular weight excluding hydrogens is 186 g/mol. The Morgan fingerprint density at radius 1 is 1.33 bits per heavy atom. The average molecular weight is 209 g/mol. The maximum Gasteiger partial charge on any atom is 0.164 e. The van der Waals surface area contributed by atoms with Crippen molar-refractivity contribution in [3.8, 4) is 0 Å². The number of para-hydroxylation sites is 1. The number of nitrogen functional groups attached to an aromatic ring is 1. The molecule has 1 aromatic carbocycles. The maximum atomic E-state index is 11.5. The van der Waals surface area contributed by atoms with Gasteiger partial charge in [0.15, 0.2) is 5.78 Å². The van der Waals surface area contributed by atoms with Gasteiger partial charge in [0.2, 0.25) is 0 Å². The minimum Gasteiger partial charge on any atom is -0.398 e. The summed E-state index contributed by atoms with van der Waals surface area (Å²) in [6.45, 7) is 6.07. The van der Waals surface area contributed by atoms with Gasteiger partial charge in [-0.1, -0.05) is 39.3 Å². The number of hydrogen-bond donors (Lipinski definition) is 1. The SMILES string of the molecule is CC.CCCCC(=O)c1ccccc1N.[HH]. The predicted molar refractivity (Wildman–Crippen MR) is 68.2 cm³/mol. The van der Waals surface area contributed by atoms with Crippen LogP contribution in [-0.4, -0.2) is 5.78 Å². The lowest BCUT2D eigenvalue weighted by Gasteiger charge is -2.02. The zero-order valence-electron chi connectivity index (χ0n) is 9.92. The van der Waals surface area contributed by atoms with Crippen LogP contribution >= 0.6 is 0 Å². The molecule has 0 saturated carbocycles. The van der Waals surface area contributed by atoms with Crippen molar-refractivity contribution in [1.82, 2.24) is 0 Å². The average Bonchev–Trinajstić information content (AvgIpc) is 2.29. The highest BCUT2D eigenvalue weighted by atomic mass is 16.1. The van der Waals surface area contributed by atoms with Gasteiger partial charge >= 0.3 is 0 Å². The van der Waals surface area contributed by atoms with E-state index in [1.807, 2.05) is 26.0 Å². The number of nitrogens with two attached hydrogens (primary N) is 1. The van der Waals surface area contributed by atoms with Crippen LogP contribution in [-0.2, 0) is 0 Å². The Bertz CT molecular complexity index is 300. The lowest BCUT2D eigenvalue weighted by molar-refractivity contribution is 0.0980. The summed E-state index contributed by atoms with van der Waals surface area (Å²) in [5, 5.41) is 0. The first-order chi connectivity index (χ1) is 7.25. The molecule has 0 heterocycles. The van der Waals surface area contributed by atoms with Crippen LogP contribution in [0.25, 0.3) is 0 Å². The second-order valence-corrected chi connectivity index (χ2v) is 3.11. The molecule has 2 heteroatoms. The van der Waals surface area contributed by atoms with Gasteiger partial charge in [-0.25, -0.2) is 0 Å². The molecular formula is C13H23NO. The summed E-state index contributed by atoms with van der Waals surface area (Å²) in [6, 6.07) is 7.23. The molecule has 0 aliphatic rings. The Morgan fingerprint density at radius 3 is 2.47 bits per heavy atom. The van der Waals surface area contributed by atoms with Gasteiger partial charge in [-0.05, 0) is 18.6 Å². The second kappa shape index (κ2) is 8.04. The van der Waals surface area contributed by atoms with Crippen molar-refractivity contribution in [2.75, 3.05) is 5.73 Å². The Labute approximate surface area is 94.0 Å². The van der Waals surface area contributed by atoms with Gasteiger partial charge in [0, 0.05) is 19.1 Å². The quantitative estimate of drug-likeness (QED) is 0.603. The third kappa shape index (κ3) is 4.63. The van der Waals surface area contributed by atoms with Crippen LogP contribution in [0.2, 0.25) is 0 Å². The van der Waals surface area contributed by atoms with E-state index in [0.717, 1.165) is 12.8 Å². The Kier molecular flexibility index (Phi) is 7.33. The summed E-state index contributed by atoms with van der Waals surface area (Å²) >= 11 is 0. The van der Waals surface area contributed by atoms with Gasteiger partial charge in [-0.15, -0.1) is 0 Å². The first kappa shape index (κ1) is 13.7. The van der Waals surface area contributed by atoms with Crippen molar-refractivity contribution in [2.24, 2.45) is 0 Å². The summed E-state index contributed by atoms with van der Waals surface area (Å²) in [4.78, 5) is 11.5. The van der Waals surface area contributed by atoms with E-state index in [9.17, 15) is 4.79 Å². The first-order valence-electron chi connectivity index (χ1n) is 5.63. The van der Waals surface area contributed by atoms with Crippen LogP contribution in [0.15, 0.2) is 24.3 Å². The standard InChI is InChI=1S/C11H15NO.C2H6.H2/c1-2-3-8-11(13)9-6-4-5-7-10(9)12;1-2;/h4-7H,2-3,8,12H2,1H3;1-2H3;1H. The lowest BCUT2D eigenvalue weighted by atomic mass is 10.0. The number of Topliss-reactive ketones (excluding diaryl/α,β-unsaturated/α-hetero) is 1. The van der Waals surface area contributed by atoms with E-state index < -0.39 is 0 Å². The monoisotopic (exact) mass is 209 g/mol. The molecule has 0 bridgehead atoms. The van der Waals surface area contributed by atoms with E-state index in [1.165, 1.54) is 0 Å². The van der Waals surface area contributed by atoms with Crippen LogP contribution in [0.3, 0.4) is 0 Å². The highest BCUT2D eigenvalue weighted by Gasteiger charge is 2.07. The molecule has 0 aliphatic carbocycles. The second-order valence-electron chi connectivity index (χ2n) is 3.11. The fourth-order valence-electron chi connectivity index (χ4n) is 1.22. The zero-order valence-corrected chi connectivity index (χ0v) is 9.92. The van der Waals surface area contributed by atoms with Gasteiger partial charge in [-0.2, -0.15) is 0 Å². The molecule has 86 valence electrons. The molecule has 0 fully saturated rings. The van der Waals surface area contributed by atoms with Crippen molar-refractivity contribution in [3.05, 3.63) is 29.8 Å². The van der Waals surface area contributed by atoms with E-state index in [2.05, 4.69) is 6.92 Å². The van der Waals surface area contributed by atoms with Crippen molar-refractivity contribution in [3.63, 3.8) is 0 Å². The minimum absolute atomic E-state index is 0. The molecule has 1 aromatic rings. The molecule has 2 nitrogen and oxygen atoms in total. The van der Waals surface area contributed by atoms with Crippen LogP contribution in [0.4, 0.5) is 5.69 Å². The van der Waals surface area contributed by atoms with Crippen LogP contribution in [0, 0.1) is 0 Å². The summed E-state index contributed by atoms with van der Waals surface area (Å²) in [5.74, 6) is 0.153. The van der Waals surface area contributed by atoms with E-state index in [0.29, 0.717) is 17.7 Å². The number of benzene rings is 1. The highest BCUT2D eigenvalue weighted by Crippen LogP contribution is 2.14. The van der Waals surface area contributed by atoms with Crippen LogP contribution in [0.1, 0.15) is 51.8 Å². The van der Waals surface area contributed by atoms with E-state index in [1.54, 1.807) is 12.1 Å². The van der Waals surface area contributed by atoms with Crippen LogP contribution in [0.5, 0.6) is 0 Å². The van der Waals surface area contributed by atoms with Crippen molar-refractivity contribution in [1.29, 1.82) is 0 Å². The smallest absolute Gasteiger partial charge is 0.164 e. The summed E-state index contributed by atoms with van der Waals surface area (Å²) < 4.78 is 0. The summed E-state index contributed by atoms with van der Waals surface area (Å²) in [6.07, 6.45) is 2.58. The zero-order chi connectivity index (χ0) is 11.7. The molecule has 0 unspecified atom stereocenters. The molecule has 0 spiro atoms. The first-order valence-corrected chi connectivity index (χ1v) is 5.63. The van der Waals surface area contributed by atoms with E-state index >= 15 is 0 Å². The molecule has 0 saturated heterocycles. The van der Waals surface area contributed by atoms with Crippen molar-refractivity contribution in [2.45, 2.75) is 40.0 Å². The van der Waals surface area contributed by atoms with Gasteiger partial charge in [0.05, 0.1) is 0 Å². The van der Waals surface area contributed by atoms with Gasteiger partial charge in [-0.3, -0.25) is 4.79 Å². The molecule has 0 aliphatic heterocycles.